The standard InChI is InChI=1S/C16H24IN3O2S/c1-9(2)13(14(17)21)19-16(22)20(12-5-6-12)7-11-8-23-15(18-11)10(3)4/h8-10,12-13H,5-7H2,1-4H3,(H,19,22). The molecular weight excluding hydrogens is 425 g/mol. The second kappa shape index (κ2) is 7.92. The van der Waals surface area contributed by atoms with Crippen LogP contribution >= 0.6 is 33.9 Å². The molecule has 1 saturated carbocycles. The minimum Gasteiger partial charge on any atom is -0.327 e. The predicted octanol–water partition coefficient (Wildman–Crippen LogP) is 3.93. The summed E-state index contributed by atoms with van der Waals surface area (Å²) in [7, 11) is 0. The molecule has 1 aliphatic rings. The summed E-state index contributed by atoms with van der Waals surface area (Å²) in [6, 6.07) is -0.322. The van der Waals surface area contributed by atoms with E-state index < -0.39 is 6.04 Å². The van der Waals surface area contributed by atoms with E-state index in [2.05, 4.69) is 24.1 Å². The van der Waals surface area contributed by atoms with E-state index >= 15 is 0 Å². The van der Waals surface area contributed by atoms with E-state index in [-0.39, 0.29) is 21.8 Å². The number of urea groups is 1. The summed E-state index contributed by atoms with van der Waals surface area (Å²) < 4.78 is -0.0301. The molecule has 1 aliphatic carbocycles. The second-order valence-electron chi connectivity index (χ2n) is 6.67. The van der Waals surface area contributed by atoms with Gasteiger partial charge in [0, 0.05) is 39.9 Å². The van der Waals surface area contributed by atoms with Gasteiger partial charge in [-0.2, -0.15) is 0 Å². The van der Waals surface area contributed by atoms with Gasteiger partial charge in [0.1, 0.15) is 6.04 Å². The Balaban J connectivity index is 2.05. The molecule has 0 aliphatic heterocycles. The maximum absolute atomic E-state index is 12.6. The van der Waals surface area contributed by atoms with E-state index in [4.69, 9.17) is 0 Å². The zero-order valence-corrected chi connectivity index (χ0v) is 17.0. The van der Waals surface area contributed by atoms with Gasteiger partial charge in [-0.1, -0.05) is 27.7 Å². The van der Waals surface area contributed by atoms with Crippen molar-refractivity contribution in [1.29, 1.82) is 0 Å². The minimum atomic E-state index is -0.439. The number of carbonyl (C=O) groups excluding carboxylic acids is 2. The third-order valence-corrected chi connectivity index (χ3v) is 5.70. The zero-order valence-electron chi connectivity index (χ0n) is 14.0. The van der Waals surface area contributed by atoms with Crippen molar-refractivity contribution in [2.24, 2.45) is 5.92 Å². The number of amides is 2. The van der Waals surface area contributed by atoms with Crippen LogP contribution < -0.4 is 5.32 Å². The van der Waals surface area contributed by atoms with Crippen molar-refractivity contribution >= 4 is 43.7 Å². The van der Waals surface area contributed by atoms with Gasteiger partial charge in [-0.05, 0) is 18.8 Å². The van der Waals surface area contributed by atoms with Crippen LogP contribution in [-0.4, -0.2) is 31.8 Å². The number of halogens is 1. The summed E-state index contributed by atoms with van der Waals surface area (Å²) in [5.41, 5.74) is 0.933. The number of carbonyl (C=O) groups is 2. The molecule has 0 saturated heterocycles. The molecule has 1 fully saturated rings. The summed E-state index contributed by atoms with van der Waals surface area (Å²) in [4.78, 5) is 30.8. The topological polar surface area (TPSA) is 62.3 Å². The SMILES string of the molecule is CC(C)c1nc(CN(C(=O)NC(C(=O)I)C(C)C)C2CC2)cs1. The molecule has 1 heterocycles. The van der Waals surface area contributed by atoms with E-state index in [0.29, 0.717) is 12.5 Å². The van der Waals surface area contributed by atoms with E-state index in [1.165, 1.54) is 0 Å². The maximum atomic E-state index is 12.6. The fraction of sp³-hybridized carbons (Fsp3) is 0.688. The lowest BCUT2D eigenvalue weighted by Gasteiger charge is -2.26. The molecule has 1 aromatic rings. The average molecular weight is 449 g/mol. The van der Waals surface area contributed by atoms with Crippen molar-refractivity contribution in [3.05, 3.63) is 16.1 Å². The fourth-order valence-electron chi connectivity index (χ4n) is 2.29. The molecule has 5 nitrogen and oxygen atoms in total. The Morgan fingerprint density at radius 2 is 2.04 bits per heavy atom. The van der Waals surface area contributed by atoms with Gasteiger partial charge in [-0.15, -0.1) is 11.3 Å². The smallest absolute Gasteiger partial charge is 0.318 e. The molecule has 0 radical (unpaired) electrons. The van der Waals surface area contributed by atoms with Crippen LogP contribution in [0, 0.1) is 5.92 Å². The highest BCUT2D eigenvalue weighted by molar-refractivity contribution is 14.1. The third-order valence-electron chi connectivity index (χ3n) is 3.83. The normalized spacial score (nSPS) is 15.8. The predicted molar refractivity (Wildman–Crippen MR) is 101 cm³/mol. The number of nitrogens with zero attached hydrogens (tertiary/aromatic N) is 2. The van der Waals surface area contributed by atoms with E-state index in [1.807, 2.05) is 24.1 Å². The maximum Gasteiger partial charge on any atom is 0.318 e. The summed E-state index contributed by atoms with van der Waals surface area (Å²) in [5.74, 6) is 0.482. The molecule has 128 valence electrons. The molecule has 0 aromatic carbocycles. The van der Waals surface area contributed by atoms with Crippen LogP contribution in [0.5, 0.6) is 0 Å². The summed E-state index contributed by atoms with van der Waals surface area (Å²) in [6.07, 6.45) is 2.05. The number of thiazole rings is 1. The van der Waals surface area contributed by atoms with Crippen molar-refractivity contribution in [3.63, 3.8) is 0 Å². The lowest BCUT2D eigenvalue weighted by atomic mass is 10.1. The van der Waals surface area contributed by atoms with Gasteiger partial charge in [-0.25, -0.2) is 9.78 Å². The Labute approximate surface area is 155 Å². The number of rotatable bonds is 7. The quantitative estimate of drug-likeness (QED) is 0.507. The minimum absolute atomic E-state index is 0.0301. The lowest BCUT2D eigenvalue weighted by molar-refractivity contribution is -0.111. The molecule has 1 unspecified atom stereocenters. The molecule has 0 bridgehead atoms. The molecule has 1 N–H and O–H groups in total. The van der Waals surface area contributed by atoms with Gasteiger partial charge >= 0.3 is 6.03 Å². The number of hydrogen-bond acceptors (Lipinski definition) is 4. The molecule has 2 rings (SSSR count). The highest BCUT2D eigenvalue weighted by Crippen LogP contribution is 2.29. The molecular formula is C16H24IN3O2S. The number of hydrogen-bond donors (Lipinski definition) is 1. The summed E-state index contributed by atoms with van der Waals surface area (Å²) >= 11 is 3.40. The largest absolute Gasteiger partial charge is 0.327 e. The van der Waals surface area contributed by atoms with E-state index in [1.54, 1.807) is 33.9 Å². The van der Waals surface area contributed by atoms with Crippen LogP contribution in [0.4, 0.5) is 4.79 Å². The van der Waals surface area contributed by atoms with Gasteiger partial charge in [0.05, 0.1) is 17.2 Å². The van der Waals surface area contributed by atoms with Crippen molar-refractivity contribution < 1.29 is 9.59 Å². The van der Waals surface area contributed by atoms with Gasteiger partial charge in [0.15, 0.2) is 0 Å². The van der Waals surface area contributed by atoms with Crippen LogP contribution in [0.3, 0.4) is 0 Å². The van der Waals surface area contributed by atoms with Crippen LogP contribution in [0.1, 0.15) is 57.2 Å². The van der Waals surface area contributed by atoms with Crippen LogP contribution in [0.25, 0.3) is 0 Å². The molecule has 1 atom stereocenters. The first-order valence-electron chi connectivity index (χ1n) is 8.00. The molecule has 1 aromatic heterocycles. The molecule has 2 amide bonds. The van der Waals surface area contributed by atoms with Gasteiger partial charge in [-0.3, -0.25) is 4.79 Å². The second-order valence-corrected chi connectivity index (χ2v) is 8.62. The number of aromatic nitrogens is 1. The Hall–Kier alpha value is -0.700. The molecule has 23 heavy (non-hydrogen) atoms. The van der Waals surface area contributed by atoms with Crippen molar-refractivity contribution in [2.75, 3.05) is 0 Å². The summed E-state index contributed by atoms with van der Waals surface area (Å²) in [6.45, 7) is 8.64. The first-order valence-corrected chi connectivity index (χ1v) is 9.96. The highest BCUT2D eigenvalue weighted by atomic mass is 127. The van der Waals surface area contributed by atoms with E-state index in [9.17, 15) is 9.59 Å². The average Bonchev–Trinajstić information content (AvgIpc) is 3.19. The monoisotopic (exact) mass is 449 g/mol. The van der Waals surface area contributed by atoms with E-state index in [0.717, 1.165) is 23.5 Å². The van der Waals surface area contributed by atoms with Gasteiger partial charge < -0.3 is 10.2 Å². The molecule has 7 heteroatoms. The van der Waals surface area contributed by atoms with Crippen LogP contribution in [0.15, 0.2) is 5.38 Å². The van der Waals surface area contributed by atoms with Crippen molar-refractivity contribution in [3.8, 4) is 0 Å². The van der Waals surface area contributed by atoms with Crippen molar-refractivity contribution in [2.45, 2.75) is 65.1 Å². The zero-order chi connectivity index (χ0) is 17.1. The van der Waals surface area contributed by atoms with Crippen LogP contribution in [-0.2, 0) is 11.3 Å². The molecule has 0 spiro atoms. The Bertz CT molecular complexity index is 569. The Morgan fingerprint density at radius 3 is 2.48 bits per heavy atom. The number of nitrogens with one attached hydrogen (secondary N) is 1. The lowest BCUT2D eigenvalue weighted by Crippen LogP contribution is -2.49. The van der Waals surface area contributed by atoms with Gasteiger partial charge in [0.2, 0.25) is 3.79 Å². The van der Waals surface area contributed by atoms with Crippen molar-refractivity contribution in [1.82, 2.24) is 15.2 Å². The van der Waals surface area contributed by atoms with Crippen LogP contribution in [0.2, 0.25) is 0 Å². The fourth-order valence-corrected chi connectivity index (χ4v) is 3.99. The Morgan fingerprint density at radius 1 is 1.39 bits per heavy atom. The highest BCUT2D eigenvalue weighted by Gasteiger charge is 2.35. The van der Waals surface area contributed by atoms with Gasteiger partial charge in [0.25, 0.3) is 0 Å². The Kier molecular flexibility index (Phi) is 6.41. The summed E-state index contributed by atoms with van der Waals surface area (Å²) in [5, 5.41) is 6.02. The first kappa shape index (κ1) is 18.6. The third kappa shape index (κ3) is 5.14. The first-order chi connectivity index (χ1) is 10.8.